The lowest BCUT2D eigenvalue weighted by atomic mass is 10.0. The summed E-state index contributed by atoms with van der Waals surface area (Å²) in [6, 6.07) is 0. The second-order valence-corrected chi connectivity index (χ2v) is 5.46. The van der Waals surface area contributed by atoms with Crippen LogP contribution in [0.4, 0.5) is 5.13 Å². The molecule has 0 aliphatic heterocycles. The molecule has 1 rings (SSSR count). The minimum atomic E-state index is 0.361. The van der Waals surface area contributed by atoms with Gasteiger partial charge < -0.3 is 4.90 Å². The van der Waals surface area contributed by atoms with Crippen molar-refractivity contribution in [1.29, 1.82) is 0 Å². The third-order valence-electron chi connectivity index (χ3n) is 3.03. The maximum absolute atomic E-state index is 11.0. The number of hydrogen-bond donors (Lipinski definition) is 0. The highest BCUT2D eigenvalue weighted by Crippen LogP contribution is 2.30. The van der Waals surface area contributed by atoms with Gasteiger partial charge in [-0.1, -0.05) is 38.5 Å². The number of thiazole rings is 1. The van der Waals surface area contributed by atoms with Crippen LogP contribution in [-0.2, 0) is 0 Å². The molecule has 0 spiro atoms. The predicted octanol–water partition coefficient (Wildman–Crippen LogP) is 3.71. The second-order valence-electron chi connectivity index (χ2n) is 4.45. The summed E-state index contributed by atoms with van der Waals surface area (Å²) in [4.78, 5) is 18.6. The molecule has 0 bridgehead atoms. The molecule has 0 fully saturated rings. The summed E-state index contributed by atoms with van der Waals surface area (Å²) in [7, 11) is 2.05. The van der Waals surface area contributed by atoms with Gasteiger partial charge in [0.1, 0.15) is 0 Å². The van der Waals surface area contributed by atoms with Gasteiger partial charge in [0.15, 0.2) is 11.4 Å². The molecule has 17 heavy (non-hydrogen) atoms. The van der Waals surface area contributed by atoms with Crippen molar-refractivity contribution in [3.05, 3.63) is 10.6 Å². The minimum Gasteiger partial charge on any atom is -0.351 e. The monoisotopic (exact) mass is 254 g/mol. The van der Waals surface area contributed by atoms with E-state index in [-0.39, 0.29) is 0 Å². The van der Waals surface area contributed by atoms with Gasteiger partial charge in [0.05, 0.1) is 10.6 Å². The summed E-state index contributed by atoms with van der Waals surface area (Å²) in [6.07, 6.45) is 4.29. The average molecular weight is 254 g/mol. The fourth-order valence-electron chi connectivity index (χ4n) is 1.62. The number of aldehydes is 1. The summed E-state index contributed by atoms with van der Waals surface area (Å²) in [6.45, 7) is 7.43. The Bertz CT molecular complexity index is 362. The molecule has 1 unspecified atom stereocenters. The molecule has 1 aromatic rings. The topological polar surface area (TPSA) is 33.2 Å². The lowest BCUT2D eigenvalue weighted by molar-refractivity contribution is 0.112. The summed E-state index contributed by atoms with van der Waals surface area (Å²) in [5.41, 5.74) is 0.964. The van der Waals surface area contributed by atoms with Gasteiger partial charge in [0.2, 0.25) is 0 Å². The lowest BCUT2D eigenvalue weighted by Crippen LogP contribution is -2.18. The van der Waals surface area contributed by atoms with Crippen molar-refractivity contribution in [2.24, 2.45) is 0 Å². The normalized spacial score (nSPS) is 12.5. The molecule has 96 valence electrons. The average Bonchev–Trinajstić information content (AvgIpc) is 2.79. The van der Waals surface area contributed by atoms with Gasteiger partial charge in [0.25, 0.3) is 0 Å². The van der Waals surface area contributed by atoms with Gasteiger partial charge in [-0.2, -0.15) is 0 Å². The fourth-order valence-corrected chi connectivity index (χ4v) is 2.60. The molecule has 0 radical (unpaired) electrons. The van der Waals surface area contributed by atoms with Crippen LogP contribution in [0, 0.1) is 0 Å². The van der Waals surface area contributed by atoms with Gasteiger partial charge in [-0.3, -0.25) is 4.79 Å². The zero-order valence-electron chi connectivity index (χ0n) is 11.2. The van der Waals surface area contributed by atoms with E-state index in [4.69, 9.17) is 0 Å². The molecular formula is C13H22N2OS. The number of hydrogen-bond acceptors (Lipinski definition) is 4. The largest absolute Gasteiger partial charge is 0.351 e. The number of unbranched alkanes of at least 4 members (excludes halogenated alkanes) is 1. The Balaban J connectivity index is 2.87. The van der Waals surface area contributed by atoms with Crippen molar-refractivity contribution >= 4 is 22.8 Å². The van der Waals surface area contributed by atoms with Crippen LogP contribution in [0.3, 0.4) is 0 Å². The molecule has 1 atom stereocenters. The Hall–Kier alpha value is -0.900. The van der Waals surface area contributed by atoms with Crippen LogP contribution in [0.2, 0.25) is 0 Å². The van der Waals surface area contributed by atoms with E-state index in [2.05, 4.69) is 30.7 Å². The Morgan fingerprint density at radius 1 is 1.47 bits per heavy atom. The standard InChI is InChI=1S/C13H22N2OS/c1-5-7-8-15(4)13-14-12(10(3)6-2)11(9-16)17-13/h9-10H,5-8H2,1-4H3. The molecule has 0 N–H and O–H groups in total. The van der Waals surface area contributed by atoms with Crippen molar-refractivity contribution in [3.63, 3.8) is 0 Å². The highest BCUT2D eigenvalue weighted by Gasteiger charge is 2.17. The van der Waals surface area contributed by atoms with Crippen molar-refractivity contribution in [2.45, 2.75) is 46.0 Å². The molecule has 0 aliphatic rings. The number of carbonyl (C=O) groups is 1. The third-order valence-corrected chi connectivity index (χ3v) is 4.14. The van der Waals surface area contributed by atoms with Crippen LogP contribution in [0.25, 0.3) is 0 Å². The molecule has 0 aliphatic carbocycles. The SMILES string of the molecule is CCCCN(C)c1nc(C(C)CC)c(C=O)s1. The van der Waals surface area contributed by atoms with Gasteiger partial charge >= 0.3 is 0 Å². The Morgan fingerprint density at radius 3 is 2.71 bits per heavy atom. The van der Waals surface area contributed by atoms with Crippen LogP contribution in [0.1, 0.15) is 61.3 Å². The van der Waals surface area contributed by atoms with Crippen LogP contribution in [-0.4, -0.2) is 24.9 Å². The Morgan fingerprint density at radius 2 is 2.18 bits per heavy atom. The summed E-state index contributed by atoms with van der Waals surface area (Å²) < 4.78 is 0. The molecule has 0 aromatic carbocycles. The van der Waals surface area contributed by atoms with Crippen molar-refractivity contribution in [3.8, 4) is 0 Å². The molecule has 3 nitrogen and oxygen atoms in total. The van der Waals surface area contributed by atoms with Crippen LogP contribution in [0.5, 0.6) is 0 Å². The maximum Gasteiger partial charge on any atom is 0.185 e. The van der Waals surface area contributed by atoms with E-state index in [1.165, 1.54) is 17.8 Å². The first kappa shape index (κ1) is 14.2. The van der Waals surface area contributed by atoms with Gasteiger partial charge in [-0.05, 0) is 18.8 Å². The van der Waals surface area contributed by atoms with E-state index in [0.717, 1.165) is 41.4 Å². The van der Waals surface area contributed by atoms with E-state index in [0.29, 0.717) is 5.92 Å². The predicted molar refractivity (Wildman–Crippen MR) is 74.4 cm³/mol. The minimum absolute atomic E-state index is 0.361. The van der Waals surface area contributed by atoms with Gasteiger partial charge in [-0.15, -0.1) is 0 Å². The van der Waals surface area contributed by atoms with Gasteiger partial charge in [-0.25, -0.2) is 4.98 Å². The van der Waals surface area contributed by atoms with Crippen molar-refractivity contribution < 1.29 is 4.79 Å². The third kappa shape index (κ3) is 3.53. The number of anilines is 1. The quantitative estimate of drug-likeness (QED) is 0.695. The molecule has 1 aromatic heterocycles. The molecule has 0 saturated carbocycles. The van der Waals surface area contributed by atoms with E-state index in [1.54, 1.807) is 0 Å². The van der Waals surface area contributed by atoms with E-state index in [9.17, 15) is 4.79 Å². The molecule has 4 heteroatoms. The zero-order valence-corrected chi connectivity index (χ0v) is 12.0. The van der Waals surface area contributed by atoms with Crippen LogP contribution in [0.15, 0.2) is 0 Å². The van der Waals surface area contributed by atoms with E-state index in [1.807, 2.05) is 7.05 Å². The fraction of sp³-hybridized carbons (Fsp3) is 0.692. The molecular weight excluding hydrogens is 232 g/mol. The molecule has 0 saturated heterocycles. The number of aromatic nitrogens is 1. The lowest BCUT2D eigenvalue weighted by Gasteiger charge is -2.14. The second kappa shape index (κ2) is 6.74. The first-order chi connectivity index (χ1) is 8.13. The summed E-state index contributed by atoms with van der Waals surface area (Å²) in [5, 5.41) is 0.968. The highest BCUT2D eigenvalue weighted by molar-refractivity contribution is 7.17. The number of rotatable bonds is 7. The Labute approximate surface area is 108 Å². The Kier molecular flexibility index (Phi) is 5.62. The van der Waals surface area contributed by atoms with Crippen molar-refractivity contribution in [1.82, 2.24) is 4.98 Å². The van der Waals surface area contributed by atoms with Crippen molar-refractivity contribution in [2.75, 3.05) is 18.5 Å². The number of carbonyl (C=O) groups excluding carboxylic acids is 1. The summed E-state index contributed by atoms with van der Waals surface area (Å²) >= 11 is 1.51. The van der Waals surface area contributed by atoms with Crippen LogP contribution < -0.4 is 4.90 Å². The zero-order chi connectivity index (χ0) is 12.8. The van der Waals surface area contributed by atoms with Crippen LogP contribution >= 0.6 is 11.3 Å². The molecule has 1 heterocycles. The smallest absolute Gasteiger partial charge is 0.185 e. The maximum atomic E-state index is 11.0. The van der Waals surface area contributed by atoms with E-state index >= 15 is 0 Å². The molecule has 0 amide bonds. The van der Waals surface area contributed by atoms with Gasteiger partial charge in [0, 0.05) is 13.6 Å². The highest BCUT2D eigenvalue weighted by atomic mass is 32.1. The first-order valence-electron chi connectivity index (χ1n) is 6.31. The number of nitrogens with zero attached hydrogens (tertiary/aromatic N) is 2. The summed E-state index contributed by atoms with van der Waals surface area (Å²) in [5.74, 6) is 0.361. The van der Waals surface area contributed by atoms with E-state index < -0.39 is 0 Å². The first-order valence-corrected chi connectivity index (χ1v) is 7.12.